The van der Waals surface area contributed by atoms with Crippen LogP contribution in [0.1, 0.15) is 88.1 Å². The first-order valence-corrected chi connectivity index (χ1v) is 14.1. The van der Waals surface area contributed by atoms with Crippen LogP contribution in [0.4, 0.5) is 0 Å². The highest BCUT2D eigenvalue weighted by Gasteiger charge is 2.55. The van der Waals surface area contributed by atoms with Gasteiger partial charge in [0, 0.05) is 35.6 Å². The summed E-state index contributed by atoms with van der Waals surface area (Å²) in [4.78, 5) is 42.7. The molecule has 2 aromatic carbocycles. The average Bonchev–Trinajstić information content (AvgIpc) is 2.98. The number of carbonyl (C=O) groups is 3. The van der Waals surface area contributed by atoms with Crippen LogP contribution in [-0.2, 0) is 19.0 Å². The fourth-order valence-electron chi connectivity index (χ4n) is 6.75. The van der Waals surface area contributed by atoms with Crippen LogP contribution in [0.5, 0.6) is 17.2 Å². The highest BCUT2D eigenvalue weighted by atomic mass is 16.7. The molecule has 0 radical (unpaired) electrons. The molecule has 0 unspecified atom stereocenters. The van der Waals surface area contributed by atoms with Gasteiger partial charge in [0.2, 0.25) is 5.78 Å². The summed E-state index contributed by atoms with van der Waals surface area (Å²) in [7, 11) is 6.07. The Labute approximate surface area is 248 Å². The van der Waals surface area contributed by atoms with E-state index in [1.165, 1.54) is 25.3 Å². The van der Waals surface area contributed by atoms with Crippen LogP contribution in [0.2, 0.25) is 0 Å². The van der Waals surface area contributed by atoms with Crippen LogP contribution >= 0.6 is 0 Å². The minimum Gasteiger partial charge on any atom is -0.507 e. The average molecular weight is 600 g/mol. The summed E-state index contributed by atoms with van der Waals surface area (Å²) >= 11 is 0. The van der Waals surface area contributed by atoms with E-state index in [2.05, 4.69) is 0 Å². The van der Waals surface area contributed by atoms with Gasteiger partial charge in [-0.3, -0.25) is 14.4 Å². The molecule has 43 heavy (non-hydrogen) atoms. The van der Waals surface area contributed by atoms with Crippen molar-refractivity contribution in [3.05, 3.63) is 51.6 Å². The zero-order chi connectivity index (χ0) is 31.5. The number of ether oxygens (including phenoxy) is 4. The Morgan fingerprint density at radius 3 is 2.33 bits per heavy atom. The number of esters is 1. The van der Waals surface area contributed by atoms with E-state index in [0.717, 1.165) is 7.11 Å². The monoisotopic (exact) mass is 599 g/mol. The van der Waals surface area contributed by atoms with Gasteiger partial charge in [-0.05, 0) is 33.5 Å². The largest absolute Gasteiger partial charge is 0.507 e. The lowest BCUT2D eigenvalue weighted by molar-refractivity contribution is -0.258. The third-order valence-electron chi connectivity index (χ3n) is 9.09. The highest BCUT2D eigenvalue weighted by molar-refractivity contribution is 6.31. The number of benzene rings is 2. The maximum Gasteiger partial charge on any atom is 0.316 e. The number of nitrogens with zero attached hydrogens (tertiary/aromatic N) is 1. The van der Waals surface area contributed by atoms with Crippen molar-refractivity contribution in [3.63, 3.8) is 0 Å². The van der Waals surface area contributed by atoms with Crippen LogP contribution in [0.25, 0.3) is 0 Å². The fourth-order valence-corrected chi connectivity index (χ4v) is 6.75. The number of hydrogen-bond donors (Lipinski definition) is 4. The highest BCUT2D eigenvalue weighted by Crippen LogP contribution is 2.57. The Bertz CT molecular complexity index is 1490. The van der Waals surface area contributed by atoms with Gasteiger partial charge >= 0.3 is 5.97 Å². The number of aliphatic hydroxyl groups is 2. The molecule has 2 aromatic rings. The van der Waals surface area contributed by atoms with Gasteiger partial charge in [-0.15, -0.1) is 0 Å². The van der Waals surface area contributed by atoms with Gasteiger partial charge in [0.1, 0.15) is 23.2 Å². The molecule has 12 heteroatoms. The Kier molecular flexibility index (Phi) is 8.03. The van der Waals surface area contributed by atoms with E-state index in [1.807, 2.05) is 4.90 Å². The molecule has 7 atom stereocenters. The van der Waals surface area contributed by atoms with E-state index < -0.39 is 76.3 Å². The maximum absolute atomic E-state index is 13.9. The van der Waals surface area contributed by atoms with E-state index in [4.69, 9.17) is 18.9 Å². The minimum absolute atomic E-state index is 0.0111. The van der Waals surface area contributed by atoms with Gasteiger partial charge < -0.3 is 44.3 Å². The number of phenolic OH excluding ortho intramolecular Hbond substituents is 2. The summed E-state index contributed by atoms with van der Waals surface area (Å²) in [5, 5.41) is 46.1. The number of rotatable bonds is 6. The number of ketones is 2. The first-order valence-electron chi connectivity index (χ1n) is 14.1. The van der Waals surface area contributed by atoms with Crippen molar-refractivity contribution in [2.75, 3.05) is 28.3 Å². The van der Waals surface area contributed by atoms with Crippen molar-refractivity contribution in [2.45, 2.75) is 75.3 Å². The normalized spacial score (nSPS) is 30.0. The standard InChI is InChI=1S/C31H37NO11/c1-7-31(39)12-17(43-18-11-15(32(3)4)25(33)13(2)42-18)20-21(24(31)30(38)41-6)29(37)22-23(28(20)36)27(35)19-14(26(22)34)9-8-10-16(19)40-5/h8-10,13,15,17-18,24-25,33,36-37,39H,7,11-12H2,1-6H3/t13-,15-,17-,18+,24+,25-,31+/m0/s1. The molecule has 2 aliphatic carbocycles. The van der Waals surface area contributed by atoms with Crippen LogP contribution in [0.15, 0.2) is 18.2 Å². The predicted octanol–water partition coefficient (Wildman–Crippen LogP) is 2.17. The lowest BCUT2D eigenvalue weighted by atomic mass is 9.66. The molecule has 1 fully saturated rings. The topological polar surface area (TPSA) is 172 Å². The number of carbonyl (C=O) groups excluding carboxylic acids is 3. The maximum atomic E-state index is 13.9. The number of fused-ring (bicyclic) bond motifs is 3. The Balaban J connectivity index is 1.74. The Morgan fingerprint density at radius 2 is 1.72 bits per heavy atom. The SMILES string of the molecule is CC[C@@]1(O)C[C@H](O[C@@H]2C[C@H](N(C)C)[C@@H](O)[C@H](C)O2)c2c(O)c3c(c(O)c2[C@@H]1C(=O)OC)C(=O)c1cccc(OC)c1C3=O. The van der Waals surface area contributed by atoms with Gasteiger partial charge in [-0.2, -0.15) is 0 Å². The molecule has 0 saturated carbocycles. The molecule has 12 nitrogen and oxygen atoms in total. The van der Waals surface area contributed by atoms with Crippen LogP contribution in [0, 0.1) is 0 Å². The number of phenols is 2. The van der Waals surface area contributed by atoms with Crippen molar-refractivity contribution in [1.29, 1.82) is 0 Å². The molecule has 1 heterocycles. The van der Waals surface area contributed by atoms with Crippen LogP contribution < -0.4 is 4.74 Å². The van der Waals surface area contributed by atoms with Gasteiger partial charge in [0.05, 0.1) is 54.8 Å². The van der Waals surface area contributed by atoms with E-state index in [0.29, 0.717) is 0 Å². The molecular weight excluding hydrogens is 562 g/mol. The molecule has 1 saturated heterocycles. The van der Waals surface area contributed by atoms with Crippen molar-refractivity contribution >= 4 is 17.5 Å². The van der Waals surface area contributed by atoms with Crippen LogP contribution in [-0.4, -0.2) is 101 Å². The third kappa shape index (κ3) is 4.68. The van der Waals surface area contributed by atoms with Crippen molar-refractivity contribution in [2.24, 2.45) is 0 Å². The predicted molar refractivity (Wildman–Crippen MR) is 151 cm³/mol. The summed E-state index contributed by atoms with van der Waals surface area (Å²) in [6.45, 7) is 3.33. The number of likely N-dealkylation sites (N-methyl/N-ethyl adjacent to an activating group) is 1. The van der Waals surface area contributed by atoms with Gasteiger partial charge in [0.25, 0.3) is 0 Å². The molecule has 0 amide bonds. The zero-order valence-electron chi connectivity index (χ0n) is 24.9. The first kappa shape index (κ1) is 30.9. The minimum atomic E-state index is -1.84. The van der Waals surface area contributed by atoms with Crippen molar-refractivity contribution in [1.82, 2.24) is 4.90 Å². The summed E-state index contributed by atoms with van der Waals surface area (Å²) in [6.07, 6.45) is -3.59. The molecule has 4 N–H and O–H groups in total. The summed E-state index contributed by atoms with van der Waals surface area (Å²) in [5.74, 6) is -5.25. The molecule has 1 aliphatic heterocycles. The van der Waals surface area contributed by atoms with E-state index in [1.54, 1.807) is 27.9 Å². The second kappa shape index (κ2) is 11.2. The molecule has 0 bridgehead atoms. The zero-order valence-corrected chi connectivity index (χ0v) is 24.9. The molecular formula is C31H37NO11. The summed E-state index contributed by atoms with van der Waals surface area (Å²) in [5.41, 5.74) is -3.31. The van der Waals surface area contributed by atoms with Crippen molar-refractivity contribution < 1.29 is 53.8 Å². The summed E-state index contributed by atoms with van der Waals surface area (Å²) < 4.78 is 22.6. The quantitative estimate of drug-likeness (QED) is 0.241. The van der Waals surface area contributed by atoms with Crippen LogP contribution in [0.3, 0.4) is 0 Å². The number of aromatic hydroxyl groups is 2. The lowest BCUT2D eigenvalue weighted by Gasteiger charge is -2.46. The lowest BCUT2D eigenvalue weighted by Crippen LogP contribution is -2.54. The number of aliphatic hydroxyl groups excluding tert-OH is 1. The molecule has 3 aliphatic rings. The molecule has 5 rings (SSSR count). The van der Waals surface area contributed by atoms with Gasteiger partial charge in [0.15, 0.2) is 12.1 Å². The number of methoxy groups -OCH3 is 2. The molecule has 232 valence electrons. The van der Waals surface area contributed by atoms with E-state index in [9.17, 15) is 34.8 Å². The molecule has 0 aromatic heterocycles. The summed E-state index contributed by atoms with van der Waals surface area (Å²) in [6, 6.07) is 4.07. The second-order valence-electron chi connectivity index (χ2n) is 11.6. The van der Waals surface area contributed by atoms with Gasteiger partial charge in [-0.25, -0.2) is 0 Å². The van der Waals surface area contributed by atoms with Gasteiger partial charge in [-0.1, -0.05) is 19.1 Å². The smallest absolute Gasteiger partial charge is 0.316 e. The van der Waals surface area contributed by atoms with E-state index >= 15 is 0 Å². The number of hydrogen-bond acceptors (Lipinski definition) is 12. The van der Waals surface area contributed by atoms with E-state index in [-0.39, 0.29) is 53.3 Å². The fraction of sp³-hybridized carbons (Fsp3) is 0.516. The first-order chi connectivity index (χ1) is 20.3. The third-order valence-corrected chi connectivity index (χ3v) is 9.09. The van der Waals surface area contributed by atoms with Crippen molar-refractivity contribution in [3.8, 4) is 17.2 Å². The Hall–Kier alpha value is -3.55. The molecule has 0 spiro atoms. The Morgan fingerprint density at radius 1 is 1.07 bits per heavy atom. The second-order valence-corrected chi connectivity index (χ2v) is 11.6.